The molecule has 13 heavy (non-hydrogen) atoms. The van der Waals surface area contributed by atoms with Crippen LogP contribution >= 0.6 is 15.9 Å². The van der Waals surface area contributed by atoms with E-state index in [2.05, 4.69) is 20.9 Å². The van der Waals surface area contributed by atoms with E-state index >= 15 is 0 Å². The molecule has 0 atom stereocenters. The van der Waals surface area contributed by atoms with Crippen LogP contribution in [0.15, 0.2) is 16.7 Å². The van der Waals surface area contributed by atoms with Gasteiger partial charge in [0, 0.05) is 6.20 Å². The third-order valence-corrected chi connectivity index (χ3v) is 2.24. The van der Waals surface area contributed by atoms with Crippen molar-refractivity contribution in [2.45, 2.75) is 6.92 Å². The van der Waals surface area contributed by atoms with Crippen LogP contribution in [-0.4, -0.2) is 17.6 Å². The van der Waals surface area contributed by atoms with E-state index in [-0.39, 0.29) is 5.82 Å². The van der Waals surface area contributed by atoms with Gasteiger partial charge in [-0.25, -0.2) is 9.78 Å². The summed E-state index contributed by atoms with van der Waals surface area (Å²) in [6, 6.07) is 1.55. The molecule has 2 N–H and O–H groups in total. The number of esters is 1. The summed E-state index contributed by atoms with van der Waals surface area (Å²) in [5.74, 6) is -0.117. The summed E-state index contributed by atoms with van der Waals surface area (Å²) in [4.78, 5) is 15.1. The molecule has 0 spiro atoms. The van der Waals surface area contributed by atoms with Gasteiger partial charge >= 0.3 is 5.97 Å². The second-order valence-corrected chi connectivity index (χ2v) is 3.07. The number of hydrogen-bond acceptors (Lipinski definition) is 4. The maximum Gasteiger partial charge on any atom is 0.339 e. The van der Waals surface area contributed by atoms with Gasteiger partial charge in [-0.2, -0.15) is 0 Å². The lowest BCUT2D eigenvalue weighted by Gasteiger charge is -2.04. The van der Waals surface area contributed by atoms with E-state index in [0.29, 0.717) is 16.6 Å². The lowest BCUT2D eigenvalue weighted by Crippen LogP contribution is -2.07. The number of pyridine rings is 1. The van der Waals surface area contributed by atoms with Crippen molar-refractivity contribution in [1.29, 1.82) is 0 Å². The first-order chi connectivity index (χ1) is 6.16. The highest BCUT2D eigenvalue weighted by Gasteiger charge is 2.12. The van der Waals surface area contributed by atoms with Crippen molar-refractivity contribution in [3.63, 3.8) is 0 Å². The quantitative estimate of drug-likeness (QED) is 0.803. The number of ether oxygens (including phenoxy) is 1. The minimum Gasteiger partial charge on any atom is -0.462 e. The van der Waals surface area contributed by atoms with Crippen LogP contribution in [0.2, 0.25) is 0 Å². The predicted octanol–water partition coefficient (Wildman–Crippen LogP) is 1.60. The zero-order valence-electron chi connectivity index (χ0n) is 7.08. The Bertz CT molecular complexity index is 328. The van der Waals surface area contributed by atoms with Gasteiger partial charge in [0.15, 0.2) is 0 Å². The molecular formula is C8H9BrN2O2. The fourth-order valence-electron chi connectivity index (χ4n) is 0.826. The summed E-state index contributed by atoms with van der Waals surface area (Å²) in [5, 5.41) is 0. The van der Waals surface area contributed by atoms with Crippen molar-refractivity contribution in [3.8, 4) is 0 Å². The van der Waals surface area contributed by atoms with Crippen LogP contribution in [0.4, 0.5) is 5.82 Å². The molecule has 0 unspecified atom stereocenters. The fourth-order valence-corrected chi connectivity index (χ4v) is 1.22. The Hall–Kier alpha value is -1.10. The third-order valence-electron chi connectivity index (χ3n) is 1.41. The van der Waals surface area contributed by atoms with Crippen LogP contribution in [0.25, 0.3) is 0 Å². The molecular weight excluding hydrogens is 236 g/mol. The maximum absolute atomic E-state index is 11.3. The molecule has 0 aliphatic carbocycles. The Balaban J connectivity index is 3.01. The van der Waals surface area contributed by atoms with Gasteiger partial charge in [-0.3, -0.25) is 0 Å². The highest BCUT2D eigenvalue weighted by Crippen LogP contribution is 2.21. The molecule has 1 aromatic heterocycles. The lowest BCUT2D eigenvalue weighted by atomic mass is 10.2. The first kappa shape index (κ1) is 9.98. The van der Waals surface area contributed by atoms with E-state index in [1.807, 2.05) is 0 Å². The first-order valence-electron chi connectivity index (χ1n) is 3.74. The van der Waals surface area contributed by atoms with Gasteiger partial charge < -0.3 is 10.5 Å². The molecule has 1 aromatic rings. The number of nitrogen functional groups attached to an aromatic ring is 1. The summed E-state index contributed by atoms with van der Waals surface area (Å²) < 4.78 is 5.29. The Morgan fingerprint density at radius 1 is 1.77 bits per heavy atom. The third kappa shape index (κ3) is 2.18. The van der Waals surface area contributed by atoms with E-state index < -0.39 is 5.97 Å². The molecule has 0 saturated carbocycles. The Morgan fingerprint density at radius 3 is 3.08 bits per heavy atom. The normalized spacial score (nSPS) is 9.69. The number of carbonyl (C=O) groups excluding carboxylic acids is 1. The molecule has 1 rings (SSSR count). The molecule has 0 bridgehead atoms. The number of hydrogen-bond donors (Lipinski definition) is 1. The predicted molar refractivity (Wildman–Crippen MR) is 52.3 cm³/mol. The summed E-state index contributed by atoms with van der Waals surface area (Å²) in [7, 11) is 0. The van der Waals surface area contributed by atoms with Gasteiger partial charge in [0.2, 0.25) is 0 Å². The molecule has 70 valence electrons. The Labute approximate surface area is 84.2 Å². The van der Waals surface area contributed by atoms with E-state index in [0.717, 1.165) is 0 Å². The van der Waals surface area contributed by atoms with E-state index in [1.165, 1.54) is 6.20 Å². The van der Waals surface area contributed by atoms with Crippen LogP contribution < -0.4 is 5.73 Å². The van der Waals surface area contributed by atoms with Crippen LogP contribution in [0.5, 0.6) is 0 Å². The van der Waals surface area contributed by atoms with Gasteiger partial charge in [0.05, 0.1) is 16.6 Å². The van der Waals surface area contributed by atoms with Crippen molar-refractivity contribution in [2.24, 2.45) is 0 Å². The van der Waals surface area contributed by atoms with Crippen LogP contribution in [-0.2, 0) is 4.74 Å². The average molecular weight is 245 g/mol. The number of nitrogens with zero attached hydrogens (tertiary/aromatic N) is 1. The molecule has 0 aromatic carbocycles. The van der Waals surface area contributed by atoms with Crippen LogP contribution in [0, 0.1) is 0 Å². The monoisotopic (exact) mass is 244 g/mol. The number of aromatic nitrogens is 1. The molecule has 0 amide bonds. The standard InChI is InChI=1S/C8H9BrN2O2/c1-2-13-8(12)5-3-4-11-7(10)6(5)9/h3-4H,2H2,1H3,(H2,10,11). The van der Waals surface area contributed by atoms with Gasteiger partial charge in [-0.1, -0.05) is 0 Å². The van der Waals surface area contributed by atoms with Crippen molar-refractivity contribution in [2.75, 3.05) is 12.3 Å². The molecule has 4 nitrogen and oxygen atoms in total. The van der Waals surface area contributed by atoms with Crippen molar-refractivity contribution in [3.05, 3.63) is 22.3 Å². The zero-order valence-corrected chi connectivity index (χ0v) is 8.67. The fraction of sp³-hybridized carbons (Fsp3) is 0.250. The smallest absolute Gasteiger partial charge is 0.339 e. The lowest BCUT2D eigenvalue weighted by molar-refractivity contribution is 0.0525. The minimum atomic E-state index is -0.400. The van der Waals surface area contributed by atoms with Gasteiger partial charge in [0.25, 0.3) is 0 Å². The van der Waals surface area contributed by atoms with Crippen LogP contribution in [0.3, 0.4) is 0 Å². The summed E-state index contributed by atoms with van der Waals surface area (Å²) >= 11 is 3.16. The average Bonchev–Trinajstić information content (AvgIpc) is 2.10. The highest BCUT2D eigenvalue weighted by molar-refractivity contribution is 9.10. The second kappa shape index (κ2) is 4.23. The number of carbonyl (C=O) groups is 1. The molecule has 0 fully saturated rings. The number of halogens is 1. The summed E-state index contributed by atoms with van der Waals surface area (Å²) in [6.07, 6.45) is 1.46. The number of nitrogens with two attached hydrogens (primary N) is 1. The number of anilines is 1. The van der Waals surface area contributed by atoms with Crippen LogP contribution in [0.1, 0.15) is 17.3 Å². The number of rotatable bonds is 2. The van der Waals surface area contributed by atoms with Gasteiger partial charge in [-0.15, -0.1) is 0 Å². The molecule has 0 aliphatic rings. The maximum atomic E-state index is 11.3. The molecule has 0 radical (unpaired) electrons. The second-order valence-electron chi connectivity index (χ2n) is 2.28. The summed E-state index contributed by atoms with van der Waals surface area (Å²) in [6.45, 7) is 2.09. The Morgan fingerprint density at radius 2 is 2.46 bits per heavy atom. The van der Waals surface area contributed by atoms with Gasteiger partial charge in [-0.05, 0) is 28.9 Å². The SMILES string of the molecule is CCOC(=O)c1ccnc(N)c1Br. The zero-order chi connectivity index (χ0) is 9.84. The van der Waals surface area contributed by atoms with Crippen molar-refractivity contribution < 1.29 is 9.53 Å². The van der Waals surface area contributed by atoms with Crippen molar-refractivity contribution in [1.82, 2.24) is 4.98 Å². The topological polar surface area (TPSA) is 65.2 Å². The van der Waals surface area contributed by atoms with Gasteiger partial charge in [0.1, 0.15) is 5.82 Å². The highest BCUT2D eigenvalue weighted by atomic mass is 79.9. The minimum absolute atomic E-state index is 0.283. The molecule has 5 heteroatoms. The first-order valence-corrected chi connectivity index (χ1v) is 4.53. The van der Waals surface area contributed by atoms with E-state index in [9.17, 15) is 4.79 Å². The molecule has 0 saturated heterocycles. The van der Waals surface area contributed by atoms with E-state index in [4.69, 9.17) is 10.5 Å². The Kier molecular flexibility index (Phi) is 3.25. The largest absolute Gasteiger partial charge is 0.462 e. The van der Waals surface area contributed by atoms with E-state index in [1.54, 1.807) is 13.0 Å². The summed E-state index contributed by atoms with van der Waals surface area (Å²) in [5.41, 5.74) is 5.89. The van der Waals surface area contributed by atoms with Crippen molar-refractivity contribution >= 4 is 27.7 Å². The molecule has 1 heterocycles. The molecule has 0 aliphatic heterocycles.